The summed E-state index contributed by atoms with van der Waals surface area (Å²) < 4.78 is 68.4. The number of hydrogen-bond acceptors (Lipinski definition) is 15. The maximum Gasteiger partial charge on any atom is 0.472 e. The molecule has 0 aliphatic carbocycles. The third-order valence-electron chi connectivity index (χ3n) is 18.6. The highest BCUT2D eigenvalue weighted by atomic mass is 31.2. The number of carbonyl (C=O) groups excluding carboxylic acids is 4. The van der Waals surface area contributed by atoms with Crippen molar-refractivity contribution in [3.05, 3.63) is 0 Å². The van der Waals surface area contributed by atoms with E-state index in [1.807, 2.05) is 0 Å². The smallest absolute Gasteiger partial charge is 0.462 e. The van der Waals surface area contributed by atoms with Crippen LogP contribution < -0.4 is 0 Å². The van der Waals surface area contributed by atoms with Gasteiger partial charge in [-0.2, -0.15) is 0 Å². The maximum atomic E-state index is 13.1. The normalized spacial score (nSPS) is 13.8. The third kappa shape index (κ3) is 72.4. The number of carbonyl (C=O) groups is 4. The number of aliphatic hydroxyl groups excluding tert-OH is 1. The molecule has 19 heteroatoms. The van der Waals surface area contributed by atoms with Crippen molar-refractivity contribution in [3.63, 3.8) is 0 Å². The fraction of sp³-hybridized carbons (Fsp3) is 0.949. The molecule has 17 nitrogen and oxygen atoms in total. The van der Waals surface area contributed by atoms with Gasteiger partial charge < -0.3 is 33.8 Å². The molecule has 98 heavy (non-hydrogen) atoms. The average molecular weight is 1440 g/mol. The molecule has 0 aromatic carbocycles. The molecule has 0 spiro atoms. The predicted molar refractivity (Wildman–Crippen MR) is 400 cm³/mol. The highest BCUT2D eigenvalue weighted by Crippen LogP contribution is 2.45. The zero-order chi connectivity index (χ0) is 71.8. The first-order chi connectivity index (χ1) is 47.7. The molecule has 0 aliphatic rings. The molecule has 0 rings (SSSR count). The minimum absolute atomic E-state index is 0.108. The number of esters is 4. The molecule has 3 N–H and O–H groups in total. The van der Waals surface area contributed by atoms with E-state index in [4.69, 9.17) is 37.0 Å². The molecule has 2 unspecified atom stereocenters. The Bertz CT molecular complexity index is 1860. The summed E-state index contributed by atoms with van der Waals surface area (Å²) in [5, 5.41) is 10.6. The van der Waals surface area contributed by atoms with Gasteiger partial charge in [-0.1, -0.05) is 374 Å². The van der Waals surface area contributed by atoms with Gasteiger partial charge in [0, 0.05) is 25.7 Å². The van der Waals surface area contributed by atoms with Crippen LogP contribution in [0.1, 0.15) is 426 Å². The molecule has 0 radical (unpaired) electrons. The first kappa shape index (κ1) is 96.1. The number of aliphatic hydroxyl groups is 1. The van der Waals surface area contributed by atoms with Gasteiger partial charge in [-0.15, -0.1) is 0 Å². The van der Waals surface area contributed by atoms with E-state index in [9.17, 15) is 43.2 Å². The molecular weight excluding hydrogens is 1280 g/mol. The molecule has 0 amide bonds. The highest BCUT2D eigenvalue weighted by Gasteiger charge is 2.30. The van der Waals surface area contributed by atoms with Gasteiger partial charge in [-0.3, -0.25) is 37.3 Å². The van der Waals surface area contributed by atoms with Gasteiger partial charge in [-0.05, 0) is 25.7 Å². The van der Waals surface area contributed by atoms with E-state index >= 15 is 0 Å². The Hall–Kier alpha value is -1.94. The molecule has 0 bridgehead atoms. The Morgan fingerprint density at radius 1 is 0.245 bits per heavy atom. The van der Waals surface area contributed by atoms with E-state index in [1.165, 1.54) is 250 Å². The zero-order valence-electron chi connectivity index (χ0n) is 63.8. The second-order valence-corrected chi connectivity index (χ2v) is 31.4. The van der Waals surface area contributed by atoms with Crippen LogP contribution >= 0.6 is 15.6 Å². The van der Waals surface area contributed by atoms with Crippen LogP contribution in [-0.2, 0) is 65.4 Å². The first-order valence-electron chi connectivity index (χ1n) is 41.3. The SMILES string of the molecule is CCCCCCCCCCCCCCCCCCCCCCCC(=O)O[C@H](COC(=O)CCCCCCCCCCCCCCCCCCCC)COP(=O)(O)OC[C@@H](O)COP(=O)(O)OC[C@@H](COC(=O)CCCCCCC)OC(=O)CCCCCCCCCCCCCCCC. The summed E-state index contributed by atoms with van der Waals surface area (Å²) in [4.78, 5) is 72.6. The van der Waals surface area contributed by atoms with Crippen LogP contribution in [0.4, 0.5) is 0 Å². The first-order valence-corrected chi connectivity index (χ1v) is 44.3. The highest BCUT2D eigenvalue weighted by molar-refractivity contribution is 7.47. The Morgan fingerprint density at radius 3 is 0.602 bits per heavy atom. The van der Waals surface area contributed by atoms with Gasteiger partial charge in [0.25, 0.3) is 0 Å². The van der Waals surface area contributed by atoms with Crippen molar-refractivity contribution < 1.29 is 80.2 Å². The Morgan fingerprint density at radius 2 is 0.408 bits per heavy atom. The van der Waals surface area contributed by atoms with E-state index in [2.05, 4.69) is 27.7 Å². The van der Waals surface area contributed by atoms with Crippen molar-refractivity contribution in [2.45, 2.75) is 444 Å². The van der Waals surface area contributed by atoms with E-state index < -0.39 is 97.5 Å². The van der Waals surface area contributed by atoms with Crippen LogP contribution in [0.25, 0.3) is 0 Å². The van der Waals surface area contributed by atoms with Crippen molar-refractivity contribution in [1.82, 2.24) is 0 Å². The van der Waals surface area contributed by atoms with Crippen LogP contribution in [0.3, 0.4) is 0 Å². The standard InChI is InChI=1S/C79H154O17P2/c1-5-9-13-17-20-23-26-29-32-34-36-37-38-40-42-45-48-51-54-58-62-66-79(84)96-75(70-90-77(82)64-60-56-52-49-46-44-41-39-35-33-30-27-24-21-18-14-10-6-2)72-94-98(87,88)92-68-73(80)67-91-97(85,86)93-71-74(69-89-76(81)63-59-55-16-12-8-4)95-78(83)65-61-57-53-50-47-43-31-28-25-22-19-15-11-7-3/h73-75,80H,5-72H2,1-4H3,(H,85,86)(H,87,88)/t73-,74+,75+/m0/s1. The molecule has 0 aromatic rings. The lowest BCUT2D eigenvalue weighted by Gasteiger charge is -2.21. The lowest BCUT2D eigenvalue weighted by Crippen LogP contribution is -2.30. The monoisotopic (exact) mass is 1440 g/mol. The van der Waals surface area contributed by atoms with Gasteiger partial charge in [0.05, 0.1) is 26.4 Å². The number of ether oxygens (including phenoxy) is 4. The van der Waals surface area contributed by atoms with Crippen LogP contribution in [0.5, 0.6) is 0 Å². The second-order valence-electron chi connectivity index (χ2n) is 28.5. The summed E-state index contributed by atoms with van der Waals surface area (Å²) in [7, 11) is -9.90. The quantitative estimate of drug-likeness (QED) is 0.0222. The molecule has 582 valence electrons. The van der Waals surface area contributed by atoms with Gasteiger partial charge in [0.1, 0.15) is 19.3 Å². The third-order valence-corrected chi connectivity index (χ3v) is 20.5. The lowest BCUT2D eigenvalue weighted by atomic mass is 10.0. The molecule has 0 fully saturated rings. The van der Waals surface area contributed by atoms with Gasteiger partial charge in [-0.25, -0.2) is 9.13 Å². The van der Waals surface area contributed by atoms with Crippen molar-refractivity contribution in [2.75, 3.05) is 39.6 Å². The summed E-state index contributed by atoms with van der Waals surface area (Å²) in [6.07, 6.45) is 65.7. The van der Waals surface area contributed by atoms with Crippen LogP contribution in [0.2, 0.25) is 0 Å². The maximum absolute atomic E-state index is 13.1. The van der Waals surface area contributed by atoms with Gasteiger partial charge >= 0.3 is 39.5 Å². The predicted octanol–water partition coefficient (Wildman–Crippen LogP) is 23.8. The minimum Gasteiger partial charge on any atom is -0.462 e. The Kier molecular flexibility index (Phi) is 71.9. The van der Waals surface area contributed by atoms with E-state index in [1.54, 1.807) is 0 Å². The van der Waals surface area contributed by atoms with Crippen molar-refractivity contribution >= 4 is 39.5 Å². The molecule has 0 aromatic heterocycles. The summed E-state index contributed by atoms with van der Waals surface area (Å²) in [5.41, 5.74) is 0. The van der Waals surface area contributed by atoms with E-state index in [0.717, 1.165) is 96.3 Å². The fourth-order valence-electron chi connectivity index (χ4n) is 12.3. The van der Waals surface area contributed by atoms with E-state index in [0.29, 0.717) is 25.7 Å². The number of phosphoric acid groups is 2. The van der Waals surface area contributed by atoms with Crippen LogP contribution in [0.15, 0.2) is 0 Å². The second kappa shape index (κ2) is 73.4. The Labute approximate surface area is 600 Å². The fourth-order valence-corrected chi connectivity index (χ4v) is 13.9. The van der Waals surface area contributed by atoms with Crippen molar-refractivity contribution in [3.8, 4) is 0 Å². The summed E-state index contributed by atoms with van der Waals surface area (Å²) in [6, 6.07) is 0. The number of unbranched alkanes of at least 4 members (excludes halogenated alkanes) is 54. The largest absolute Gasteiger partial charge is 0.472 e. The van der Waals surface area contributed by atoms with Gasteiger partial charge in [0.15, 0.2) is 12.2 Å². The molecule has 0 heterocycles. The summed E-state index contributed by atoms with van der Waals surface area (Å²) in [6.45, 7) is 4.92. The topological polar surface area (TPSA) is 237 Å². The minimum atomic E-state index is -4.96. The Balaban J connectivity index is 5.11. The number of hydrogen-bond donors (Lipinski definition) is 3. The molecule has 0 saturated heterocycles. The summed E-state index contributed by atoms with van der Waals surface area (Å²) in [5.74, 6) is -2.12. The van der Waals surface area contributed by atoms with Gasteiger partial charge in [0.2, 0.25) is 0 Å². The zero-order valence-corrected chi connectivity index (χ0v) is 65.6. The average Bonchev–Trinajstić information content (AvgIpc) is 1.10. The number of phosphoric ester groups is 2. The lowest BCUT2D eigenvalue weighted by molar-refractivity contribution is -0.161. The number of rotatable bonds is 80. The van der Waals surface area contributed by atoms with Crippen LogP contribution in [0, 0.1) is 0 Å². The summed E-state index contributed by atoms with van der Waals surface area (Å²) >= 11 is 0. The van der Waals surface area contributed by atoms with E-state index in [-0.39, 0.29) is 25.7 Å². The molecular formula is C79H154O17P2. The van der Waals surface area contributed by atoms with Crippen molar-refractivity contribution in [1.29, 1.82) is 0 Å². The van der Waals surface area contributed by atoms with Crippen LogP contribution in [-0.4, -0.2) is 96.7 Å². The molecule has 0 aliphatic heterocycles. The molecule has 0 saturated carbocycles. The molecule has 5 atom stereocenters. The van der Waals surface area contributed by atoms with Crippen molar-refractivity contribution in [2.24, 2.45) is 0 Å².